The maximum Gasteiger partial charge on any atom is 0.220 e. The average Bonchev–Trinajstić information content (AvgIpc) is 1.53. The van der Waals surface area contributed by atoms with Gasteiger partial charge in [0.1, 0.15) is 35.2 Å². The van der Waals surface area contributed by atoms with Gasteiger partial charge in [-0.3, -0.25) is 0 Å². The number of hydrogen-bond acceptors (Lipinski definition) is 0. The Kier molecular flexibility index (Phi) is 24.5. The van der Waals surface area contributed by atoms with Crippen molar-refractivity contribution in [2.75, 3.05) is 0 Å². The van der Waals surface area contributed by atoms with Crippen LogP contribution in [0.4, 0.5) is 0 Å². The molecule has 576 valence electrons. The predicted molar refractivity (Wildman–Crippen MR) is 483 cm³/mol. The van der Waals surface area contributed by atoms with Gasteiger partial charge in [0, 0.05) is 35.9 Å². The molecule has 113 heavy (non-hydrogen) atoms. The Balaban J connectivity index is 0.000000131. The van der Waals surface area contributed by atoms with Crippen LogP contribution in [0.15, 0.2) is 219 Å². The van der Waals surface area contributed by atoms with Gasteiger partial charge in [0.25, 0.3) is 0 Å². The van der Waals surface area contributed by atoms with Crippen LogP contribution in [0.2, 0.25) is 0 Å². The molecule has 0 amide bonds. The molecule has 5 heteroatoms. The molecule has 0 bridgehead atoms. The maximum atomic E-state index is 2.48. The van der Waals surface area contributed by atoms with Crippen molar-refractivity contribution in [3.8, 4) is 56.3 Å². The number of benzene rings is 10. The zero-order valence-electron chi connectivity index (χ0n) is 73.0. The van der Waals surface area contributed by atoms with E-state index in [2.05, 4.69) is 423 Å². The molecule has 0 spiro atoms. The van der Waals surface area contributed by atoms with Crippen molar-refractivity contribution in [3.05, 3.63) is 325 Å². The summed E-state index contributed by atoms with van der Waals surface area (Å²) in [5, 5.41) is 13.2. The Morgan fingerprint density at radius 3 is 0.929 bits per heavy atom. The average molecular weight is 1490 g/mol. The molecule has 0 unspecified atom stereocenters. The van der Waals surface area contributed by atoms with Crippen molar-refractivity contribution in [1.82, 2.24) is 0 Å². The van der Waals surface area contributed by atoms with Crippen molar-refractivity contribution >= 4 is 53.9 Å². The Hall–Kier alpha value is -10.8. The number of fused-ring (bicyclic) bond motifs is 5. The molecule has 0 saturated heterocycles. The lowest BCUT2D eigenvalue weighted by atomic mass is 9.83. The highest BCUT2D eigenvalue weighted by Gasteiger charge is 2.27. The van der Waals surface area contributed by atoms with Gasteiger partial charge in [0.15, 0.2) is 31.0 Å². The highest BCUT2D eigenvalue weighted by molar-refractivity contribution is 5.98. The van der Waals surface area contributed by atoms with Gasteiger partial charge in [0.05, 0.1) is 49.2 Å². The minimum atomic E-state index is 0.146. The SMILES string of the molecule is Cc1cc(C)c(C)c(-c2c3ccc(C)cc3cc[n+]2C)c1.Cc1ccc(C)c(-c2c3ccc(C)cc3cc[n+]2C)c1.Cc1ccc2c(-c3cc(C(C)(C)C)cc(C)c3C)[n+](C)ccc2c1.Cc1ccc2c(-c3cc(C(C)C)cc(C)c3C)[n+](C)ccc2c1.Cc1ccc2c(-c3cc(C4CCCC4)cc(C)c3C)[n+](C)ccc2c1. The van der Waals surface area contributed by atoms with Gasteiger partial charge in [-0.05, 0) is 295 Å². The van der Waals surface area contributed by atoms with E-state index in [-0.39, 0.29) is 5.41 Å². The first-order chi connectivity index (χ1) is 53.6. The van der Waals surface area contributed by atoms with E-state index in [9.17, 15) is 0 Å². The molecule has 0 radical (unpaired) electrons. The number of rotatable bonds is 7. The highest BCUT2D eigenvalue weighted by Crippen LogP contribution is 2.41. The lowest BCUT2D eigenvalue weighted by Crippen LogP contribution is -2.31. The van der Waals surface area contributed by atoms with Gasteiger partial charge in [-0.2, -0.15) is 0 Å². The second-order valence-electron chi connectivity index (χ2n) is 34.8. The van der Waals surface area contributed by atoms with E-state index in [1.54, 1.807) is 5.56 Å². The third-order valence-electron chi connectivity index (χ3n) is 24.3. The standard InChI is InChI=1S/C24H28N.C23H28N.C22H26N.C20H22N.C19H20N/c1-16-9-10-22-20(13-16)11-12-25(4)24(22)23-15-21(14-17(2)18(23)3)19-7-5-6-8-19;1-15-8-9-20-18(12-15)10-11-24(7)22(20)21-14-19(23(4,5)6)13-16(2)17(21)3;1-14(2)19-12-16(4)17(5)21(13-19)22-20-8-7-15(3)11-18(20)9-10-23(22)6;1-13-6-7-18-17(11-13)8-9-21(5)20(18)19-12-14(2)10-15(3)16(19)4;1-13-6-8-17-16(11-13)9-10-20(4)19(17)18-12-14(2)5-7-15(18)3/h9-15,19H,5-8H2,1-4H3;8-14H,1-7H3;7-14H,1-6H3;6-12H,1-5H3;5-12H,1-4H3/q5*+1. The van der Waals surface area contributed by atoms with Crippen LogP contribution in [0.1, 0.15) is 178 Å². The van der Waals surface area contributed by atoms with Crippen molar-refractivity contribution < 1.29 is 22.8 Å². The van der Waals surface area contributed by atoms with Crippen molar-refractivity contribution in [3.63, 3.8) is 0 Å². The van der Waals surface area contributed by atoms with Crippen LogP contribution in [0.5, 0.6) is 0 Å². The Morgan fingerprint density at radius 2 is 0.566 bits per heavy atom. The fourth-order valence-corrected chi connectivity index (χ4v) is 17.0. The van der Waals surface area contributed by atoms with Crippen LogP contribution >= 0.6 is 0 Å². The quantitative estimate of drug-likeness (QED) is 0.142. The van der Waals surface area contributed by atoms with E-state index in [4.69, 9.17) is 0 Å². The zero-order chi connectivity index (χ0) is 81.3. The molecule has 15 aromatic rings. The van der Waals surface area contributed by atoms with Gasteiger partial charge < -0.3 is 0 Å². The van der Waals surface area contributed by atoms with Gasteiger partial charge >= 0.3 is 0 Å². The molecule has 1 saturated carbocycles. The summed E-state index contributed by atoms with van der Waals surface area (Å²) in [5.41, 5.74) is 39.3. The highest BCUT2D eigenvalue weighted by atomic mass is 14.9. The molecule has 1 fully saturated rings. The number of hydrogen-bond donors (Lipinski definition) is 0. The number of aryl methyl sites for hydroxylation is 17. The lowest BCUT2D eigenvalue weighted by molar-refractivity contribution is -0.659. The molecule has 5 nitrogen and oxygen atoms in total. The molecule has 0 aliphatic heterocycles. The number of pyridine rings is 5. The first-order valence-corrected chi connectivity index (χ1v) is 41.1. The second kappa shape index (κ2) is 33.9. The molecule has 1 aliphatic carbocycles. The normalized spacial score (nSPS) is 12.2. The van der Waals surface area contributed by atoms with Crippen LogP contribution in [-0.4, -0.2) is 0 Å². The fraction of sp³-hybridized carbons (Fsp3) is 0.306. The fourth-order valence-electron chi connectivity index (χ4n) is 17.0. The molecule has 16 rings (SSSR count). The third kappa shape index (κ3) is 17.7. The largest absolute Gasteiger partial charge is 0.220 e. The maximum absolute atomic E-state index is 2.48. The summed E-state index contributed by atoms with van der Waals surface area (Å²) in [6, 6.07) is 70.3. The van der Waals surface area contributed by atoms with Crippen molar-refractivity contribution in [2.45, 2.75) is 188 Å². The predicted octanol–water partition coefficient (Wildman–Crippen LogP) is 25.7. The topological polar surface area (TPSA) is 19.4 Å². The van der Waals surface area contributed by atoms with E-state index in [1.165, 1.54) is 236 Å². The minimum Gasteiger partial charge on any atom is -0.200 e. The smallest absolute Gasteiger partial charge is 0.200 e. The molecular formula is C108H124N5+5. The summed E-state index contributed by atoms with van der Waals surface area (Å²) in [5.74, 6) is 1.29. The molecule has 0 atom stereocenters. The summed E-state index contributed by atoms with van der Waals surface area (Å²) >= 11 is 0. The molecule has 5 heterocycles. The molecule has 0 N–H and O–H groups in total. The zero-order valence-corrected chi connectivity index (χ0v) is 73.0. The van der Waals surface area contributed by atoms with E-state index in [0.29, 0.717) is 5.92 Å². The summed E-state index contributed by atoms with van der Waals surface area (Å²) in [6.45, 7) is 46.5. The lowest BCUT2D eigenvalue weighted by Gasteiger charge is -2.22. The number of nitrogens with zero attached hydrogens (tertiary/aromatic N) is 5. The second-order valence-corrected chi connectivity index (χ2v) is 34.8. The molecular weight excluding hydrogens is 1370 g/mol. The first-order valence-electron chi connectivity index (χ1n) is 41.1. The molecule has 5 aromatic heterocycles. The first kappa shape index (κ1) is 81.7. The van der Waals surface area contributed by atoms with Crippen molar-refractivity contribution in [1.29, 1.82) is 0 Å². The van der Waals surface area contributed by atoms with E-state index < -0.39 is 0 Å². The Morgan fingerprint density at radius 1 is 0.274 bits per heavy atom. The summed E-state index contributed by atoms with van der Waals surface area (Å²) in [4.78, 5) is 0. The van der Waals surface area contributed by atoms with Crippen LogP contribution < -0.4 is 22.8 Å². The Bertz CT molecular complexity index is 6140. The Labute approximate surface area is 677 Å². The van der Waals surface area contributed by atoms with Gasteiger partial charge in [0.2, 0.25) is 28.5 Å². The van der Waals surface area contributed by atoms with Gasteiger partial charge in [-0.25, -0.2) is 22.8 Å². The van der Waals surface area contributed by atoms with E-state index >= 15 is 0 Å². The third-order valence-corrected chi connectivity index (χ3v) is 24.3. The van der Waals surface area contributed by atoms with Crippen LogP contribution in [0.3, 0.4) is 0 Å². The number of aromatic nitrogens is 5. The molecule has 10 aromatic carbocycles. The summed E-state index contributed by atoms with van der Waals surface area (Å²) in [7, 11) is 10.7. The van der Waals surface area contributed by atoms with Gasteiger partial charge in [-0.1, -0.05) is 183 Å². The summed E-state index contributed by atoms with van der Waals surface area (Å²) in [6.07, 6.45) is 16.3. The minimum absolute atomic E-state index is 0.146. The van der Waals surface area contributed by atoms with Gasteiger partial charge in [-0.15, -0.1) is 0 Å². The van der Waals surface area contributed by atoms with Crippen LogP contribution in [-0.2, 0) is 40.7 Å². The summed E-state index contributed by atoms with van der Waals surface area (Å²) < 4.78 is 11.3. The monoisotopic (exact) mass is 1490 g/mol. The van der Waals surface area contributed by atoms with E-state index in [0.717, 1.165) is 5.92 Å². The van der Waals surface area contributed by atoms with E-state index in [1.807, 2.05) is 0 Å². The van der Waals surface area contributed by atoms with Crippen LogP contribution in [0.25, 0.3) is 110 Å². The van der Waals surface area contributed by atoms with Crippen LogP contribution in [0, 0.1) is 111 Å². The van der Waals surface area contributed by atoms with Crippen molar-refractivity contribution in [2.24, 2.45) is 35.2 Å². The molecule has 1 aliphatic rings.